The van der Waals surface area contributed by atoms with Crippen LogP contribution in [0.3, 0.4) is 0 Å². The summed E-state index contributed by atoms with van der Waals surface area (Å²) in [7, 11) is 0. The highest BCUT2D eigenvalue weighted by molar-refractivity contribution is 6.17. The minimum Gasteiger partial charge on any atom is -0.356 e. The smallest absolute Gasteiger partial charge is 0.356 e. The van der Waals surface area contributed by atoms with Gasteiger partial charge in [0.15, 0.2) is 0 Å². The maximum Gasteiger partial charge on any atom is 0.416 e. The van der Waals surface area contributed by atoms with Crippen LogP contribution >= 0.6 is 11.6 Å². The summed E-state index contributed by atoms with van der Waals surface area (Å²) in [5.41, 5.74) is -0.147. The van der Waals surface area contributed by atoms with Gasteiger partial charge in [0, 0.05) is 12.4 Å². The van der Waals surface area contributed by atoms with Crippen LogP contribution in [0.4, 0.5) is 13.2 Å². The summed E-state index contributed by atoms with van der Waals surface area (Å²) in [5.74, 6) is 0.689. The Hall–Kier alpha value is -1.23. The standard InChI is InChI=1S/C15H19ClF3NO/c1-2-11(7-8-16)10-20-14(21)9-12-3-5-13(6-4-12)15(17,18)19/h3-6,11H,2,7-10H2,1H3,(H,20,21). The highest BCUT2D eigenvalue weighted by Gasteiger charge is 2.29. The summed E-state index contributed by atoms with van der Waals surface area (Å²) in [6, 6.07) is 4.65. The first-order chi connectivity index (χ1) is 9.86. The predicted octanol–water partition coefficient (Wildman–Crippen LogP) is 4.02. The maximum absolute atomic E-state index is 12.4. The number of benzene rings is 1. The van der Waals surface area contributed by atoms with E-state index in [2.05, 4.69) is 5.32 Å². The van der Waals surface area contributed by atoms with E-state index in [1.165, 1.54) is 12.1 Å². The van der Waals surface area contributed by atoms with Gasteiger partial charge in [-0.05, 0) is 30.0 Å². The van der Waals surface area contributed by atoms with E-state index in [0.717, 1.165) is 25.0 Å². The summed E-state index contributed by atoms with van der Waals surface area (Å²) in [5, 5.41) is 2.79. The molecule has 1 amide bonds. The molecule has 0 radical (unpaired) electrons. The van der Waals surface area contributed by atoms with Crippen molar-refractivity contribution in [1.29, 1.82) is 0 Å². The molecule has 0 heterocycles. The van der Waals surface area contributed by atoms with E-state index in [9.17, 15) is 18.0 Å². The number of rotatable bonds is 7. The van der Waals surface area contributed by atoms with Crippen LogP contribution in [-0.4, -0.2) is 18.3 Å². The number of hydrogen-bond acceptors (Lipinski definition) is 1. The van der Waals surface area contributed by atoms with Crippen LogP contribution in [0.5, 0.6) is 0 Å². The maximum atomic E-state index is 12.4. The van der Waals surface area contributed by atoms with Crippen molar-refractivity contribution in [2.24, 2.45) is 5.92 Å². The van der Waals surface area contributed by atoms with Crippen molar-refractivity contribution in [3.63, 3.8) is 0 Å². The molecule has 118 valence electrons. The largest absolute Gasteiger partial charge is 0.416 e. The molecule has 21 heavy (non-hydrogen) atoms. The van der Waals surface area contributed by atoms with Gasteiger partial charge in [-0.1, -0.05) is 25.5 Å². The first-order valence-corrected chi connectivity index (χ1v) is 7.39. The lowest BCUT2D eigenvalue weighted by Gasteiger charge is -2.14. The van der Waals surface area contributed by atoms with Crippen LogP contribution in [0.1, 0.15) is 30.9 Å². The van der Waals surface area contributed by atoms with Gasteiger partial charge in [0.05, 0.1) is 12.0 Å². The number of carbonyl (C=O) groups is 1. The predicted molar refractivity (Wildman–Crippen MR) is 77.3 cm³/mol. The molecular formula is C15H19ClF3NO. The number of amides is 1. The lowest BCUT2D eigenvalue weighted by molar-refractivity contribution is -0.137. The van der Waals surface area contributed by atoms with Crippen molar-refractivity contribution in [1.82, 2.24) is 5.32 Å². The number of halogens is 4. The molecule has 0 saturated heterocycles. The van der Waals surface area contributed by atoms with Gasteiger partial charge in [-0.25, -0.2) is 0 Å². The molecule has 1 atom stereocenters. The monoisotopic (exact) mass is 321 g/mol. The van der Waals surface area contributed by atoms with Crippen molar-refractivity contribution < 1.29 is 18.0 Å². The summed E-state index contributed by atoms with van der Waals surface area (Å²) in [6.45, 7) is 2.57. The Kier molecular flexibility index (Phi) is 7.02. The lowest BCUT2D eigenvalue weighted by Crippen LogP contribution is -2.30. The molecule has 0 aliphatic heterocycles. The molecule has 0 spiro atoms. The van der Waals surface area contributed by atoms with Crippen molar-refractivity contribution >= 4 is 17.5 Å². The zero-order chi connectivity index (χ0) is 15.9. The van der Waals surface area contributed by atoms with Crippen LogP contribution < -0.4 is 5.32 Å². The fourth-order valence-corrected chi connectivity index (χ4v) is 2.23. The SMILES string of the molecule is CCC(CCCl)CNC(=O)Cc1ccc(C(F)(F)F)cc1. The normalized spacial score (nSPS) is 13.0. The molecule has 0 saturated carbocycles. The minimum absolute atomic E-state index is 0.0788. The Morgan fingerprint density at radius 3 is 2.38 bits per heavy atom. The topological polar surface area (TPSA) is 29.1 Å². The third-order valence-corrected chi connectivity index (χ3v) is 3.55. The third-order valence-electron chi connectivity index (χ3n) is 3.33. The average Bonchev–Trinajstić information content (AvgIpc) is 2.43. The molecule has 0 aliphatic rings. The van der Waals surface area contributed by atoms with Gasteiger partial charge < -0.3 is 5.32 Å². The molecule has 1 N–H and O–H groups in total. The highest BCUT2D eigenvalue weighted by Crippen LogP contribution is 2.29. The van der Waals surface area contributed by atoms with Gasteiger partial charge in [-0.2, -0.15) is 13.2 Å². The average molecular weight is 322 g/mol. The first kappa shape index (κ1) is 17.8. The molecule has 1 rings (SSSR count). The summed E-state index contributed by atoms with van der Waals surface area (Å²) < 4.78 is 37.2. The molecule has 1 unspecified atom stereocenters. The van der Waals surface area contributed by atoms with Gasteiger partial charge in [0.2, 0.25) is 5.91 Å². The first-order valence-electron chi connectivity index (χ1n) is 6.85. The Labute approximate surface area is 127 Å². The van der Waals surface area contributed by atoms with E-state index in [4.69, 9.17) is 11.6 Å². The molecule has 1 aromatic carbocycles. The van der Waals surface area contributed by atoms with Crippen LogP contribution in [0.15, 0.2) is 24.3 Å². The number of alkyl halides is 4. The summed E-state index contributed by atoms with van der Waals surface area (Å²) in [6.07, 6.45) is -2.52. The van der Waals surface area contributed by atoms with Crippen LogP contribution in [0, 0.1) is 5.92 Å². The Bertz CT molecular complexity index is 445. The fourth-order valence-electron chi connectivity index (χ4n) is 1.92. The lowest BCUT2D eigenvalue weighted by atomic mass is 10.0. The second kappa shape index (κ2) is 8.27. The minimum atomic E-state index is -4.35. The molecule has 0 bridgehead atoms. The van der Waals surface area contributed by atoms with E-state index >= 15 is 0 Å². The number of hydrogen-bond donors (Lipinski definition) is 1. The number of carbonyl (C=O) groups excluding carboxylic acids is 1. The fraction of sp³-hybridized carbons (Fsp3) is 0.533. The van der Waals surface area contributed by atoms with Crippen molar-refractivity contribution in [3.8, 4) is 0 Å². The van der Waals surface area contributed by atoms with E-state index in [0.29, 0.717) is 23.9 Å². The second-order valence-corrected chi connectivity index (χ2v) is 5.31. The Balaban J connectivity index is 2.48. The quantitative estimate of drug-likeness (QED) is 0.755. The van der Waals surface area contributed by atoms with Crippen LogP contribution in [0.25, 0.3) is 0 Å². The summed E-state index contributed by atoms with van der Waals surface area (Å²) >= 11 is 5.67. The van der Waals surface area contributed by atoms with Gasteiger partial charge in [-0.15, -0.1) is 11.6 Å². The van der Waals surface area contributed by atoms with E-state index in [-0.39, 0.29) is 12.3 Å². The van der Waals surface area contributed by atoms with E-state index < -0.39 is 11.7 Å². The Morgan fingerprint density at radius 1 is 1.29 bits per heavy atom. The molecule has 2 nitrogen and oxygen atoms in total. The number of nitrogens with one attached hydrogen (secondary N) is 1. The van der Waals surface area contributed by atoms with Crippen molar-refractivity contribution in [2.75, 3.05) is 12.4 Å². The summed E-state index contributed by atoms with van der Waals surface area (Å²) in [4.78, 5) is 11.8. The van der Waals surface area contributed by atoms with Gasteiger partial charge in [0.1, 0.15) is 0 Å². The zero-order valence-electron chi connectivity index (χ0n) is 11.8. The van der Waals surface area contributed by atoms with Crippen molar-refractivity contribution in [3.05, 3.63) is 35.4 Å². The Morgan fingerprint density at radius 2 is 1.90 bits per heavy atom. The van der Waals surface area contributed by atoms with Crippen LogP contribution in [-0.2, 0) is 17.4 Å². The molecule has 0 fully saturated rings. The third kappa shape index (κ3) is 6.38. The second-order valence-electron chi connectivity index (χ2n) is 4.93. The molecule has 0 aromatic heterocycles. The molecular weight excluding hydrogens is 303 g/mol. The van der Waals surface area contributed by atoms with Crippen molar-refractivity contribution in [2.45, 2.75) is 32.4 Å². The van der Waals surface area contributed by atoms with Gasteiger partial charge >= 0.3 is 6.18 Å². The molecule has 0 aliphatic carbocycles. The highest BCUT2D eigenvalue weighted by atomic mass is 35.5. The molecule has 6 heteroatoms. The van der Waals surface area contributed by atoms with Gasteiger partial charge in [-0.3, -0.25) is 4.79 Å². The van der Waals surface area contributed by atoms with E-state index in [1.807, 2.05) is 6.92 Å². The van der Waals surface area contributed by atoms with E-state index in [1.54, 1.807) is 0 Å². The van der Waals surface area contributed by atoms with Gasteiger partial charge in [0.25, 0.3) is 0 Å². The molecule has 1 aromatic rings. The zero-order valence-corrected chi connectivity index (χ0v) is 12.6. The van der Waals surface area contributed by atoms with Crippen LogP contribution in [0.2, 0.25) is 0 Å².